The first-order valence-electron chi connectivity index (χ1n) is 5.33. The molecule has 0 N–H and O–H groups in total. The van der Waals surface area contributed by atoms with Crippen molar-refractivity contribution in [3.63, 3.8) is 0 Å². The molecule has 2 nitrogen and oxygen atoms in total. The van der Waals surface area contributed by atoms with Crippen LogP contribution in [0.25, 0.3) is 0 Å². The lowest BCUT2D eigenvalue weighted by Gasteiger charge is -2.31. The molecule has 2 atom stereocenters. The summed E-state index contributed by atoms with van der Waals surface area (Å²) < 4.78 is 0. The van der Waals surface area contributed by atoms with Crippen LogP contribution >= 0.6 is 0 Å². The minimum atomic E-state index is 0.347. The summed E-state index contributed by atoms with van der Waals surface area (Å²) in [5.41, 5.74) is 0. The first-order valence-corrected chi connectivity index (χ1v) is 5.33. The van der Waals surface area contributed by atoms with E-state index in [0.29, 0.717) is 23.8 Å². The lowest BCUT2D eigenvalue weighted by molar-refractivity contribution is -0.130. The van der Waals surface area contributed by atoms with Crippen LogP contribution in [0.1, 0.15) is 40.5 Å². The second-order valence-corrected chi connectivity index (χ2v) is 4.53. The Hall–Kier alpha value is -0.530. The molecule has 0 aromatic carbocycles. The van der Waals surface area contributed by atoms with Gasteiger partial charge in [-0.1, -0.05) is 20.8 Å². The van der Waals surface area contributed by atoms with Gasteiger partial charge in [0.2, 0.25) is 5.91 Å². The third kappa shape index (κ3) is 2.23. The number of carbonyl (C=O) groups excluding carboxylic acids is 1. The van der Waals surface area contributed by atoms with Gasteiger partial charge in [0, 0.05) is 19.0 Å². The van der Waals surface area contributed by atoms with Gasteiger partial charge in [-0.15, -0.1) is 0 Å². The Labute approximate surface area is 81.3 Å². The maximum atomic E-state index is 11.5. The van der Waals surface area contributed by atoms with E-state index in [0.717, 1.165) is 19.4 Å². The van der Waals surface area contributed by atoms with Crippen molar-refractivity contribution in [3.8, 4) is 0 Å². The number of rotatable bonds is 3. The number of carbonyl (C=O) groups is 1. The molecule has 2 heteroatoms. The zero-order chi connectivity index (χ0) is 10.0. The Balaban J connectivity index is 2.55. The van der Waals surface area contributed by atoms with Crippen molar-refractivity contribution in [2.75, 3.05) is 6.54 Å². The molecule has 1 heterocycles. The van der Waals surface area contributed by atoms with Gasteiger partial charge in [-0.25, -0.2) is 0 Å². The zero-order valence-electron chi connectivity index (χ0n) is 9.21. The minimum absolute atomic E-state index is 0.347. The quantitative estimate of drug-likeness (QED) is 0.657. The maximum Gasteiger partial charge on any atom is 0.222 e. The number of likely N-dealkylation sites (tertiary alicyclic amines) is 1. The van der Waals surface area contributed by atoms with Gasteiger partial charge in [0.1, 0.15) is 0 Å². The molecule has 13 heavy (non-hydrogen) atoms. The van der Waals surface area contributed by atoms with Crippen molar-refractivity contribution in [1.82, 2.24) is 4.90 Å². The lowest BCUT2D eigenvalue weighted by Crippen LogP contribution is -2.39. The van der Waals surface area contributed by atoms with Crippen molar-refractivity contribution < 1.29 is 4.79 Å². The molecule has 0 bridgehead atoms. The predicted molar refractivity (Wildman–Crippen MR) is 54.4 cm³/mol. The first kappa shape index (κ1) is 10.6. The Morgan fingerprint density at radius 2 is 1.85 bits per heavy atom. The summed E-state index contributed by atoms with van der Waals surface area (Å²) in [6, 6.07) is 0.412. The summed E-state index contributed by atoms with van der Waals surface area (Å²) >= 11 is 0. The van der Waals surface area contributed by atoms with E-state index in [1.165, 1.54) is 0 Å². The summed E-state index contributed by atoms with van der Waals surface area (Å²) in [7, 11) is 0. The number of hydrogen-bond donors (Lipinski definition) is 0. The van der Waals surface area contributed by atoms with E-state index in [2.05, 4.69) is 27.7 Å². The molecule has 1 fully saturated rings. The Kier molecular flexibility index (Phi) is 3.34. The second-order valence-electron chi connectivity index (χ2n) is 4.53. The van der Waals surface area contributed by atoms with Crippen LogP contribution in [0.5, 0.6) is 0 Å². The molecule has 1 aliphatic heterocycles. The van der Waals surface area contributed by atoms with Crippen LogP contribution in [-0.2, 0) is 4.79 Å². The molecule has 0 aliphatic carbocycles. The standard InChI is InChI=1S/C11H21NO/c1-8(2)9(3)10(4)12-7-5-6-11(12)13/h8-10H,5-7H2,1-4H3/t9-,10?/m0/s1. The van der Waals surface area contributed by atoms with Gasteiger partial charge in [0.15, 0.2) is 0 Å². The SMILES string of the molecule is CC(C)[C@H](C)C(C)N1CCCC1=O. The minimum Gasteiger partial charge on any atom is -0.340 e. The van der Waals surface area contributed by atoms with Gasteiger partial charge >= 0.3 is 0 Å². The van der Waals surface area contributed by atoms with E-state index >= 15 is 0 Å². The van der Waals surface area contributed by atoms with Crippen LogP contribution in [0, 0.1) is 11.8 Å². The van der Waals surface area contributed by atoms with Gasteiger partial charge in [0.25, 0.3) is 0 Å². The second kappa shape index (κ2) is 4.12. The number of nitrogens with zero attached hydrogens (tertiary/aromatic N) is 1. The van der Waals surface area contributed by atoms with Crippen LogP contribution in [-0.4, -0.2) is 23.4 Å². The summed E-state index contributed by atoms with van der Waals surface area (Å²) in [5.74, 6) is 1.60. The van der Waals surface area contributed by atoms with E-state index < -0.39 is 0 Å². The largest absolute Gasteiger partial charge is 0.340 e. The van der Waals surface area contributed by atoms with Gasteiger partial charge in [-0.3, -0.25) is 4.79 Å². The normalized spacial score (nSPS) is 22.5. The predicted octanol–water partition coefficient (Wildman–Crippen LogP) is 2.29. The highest BCUT2D eigenvalue weighted by atomic mass is 16.2. The highest BCUT2D eigenvalue weighted by Crippen LogP contribution is 2.23. The molecule has 1 rings (SSSR count). The average molecular weight is 183 g/mol. The summed E-state index contributed by atoms with van der Waals surface area (Å²) in [5, 5.41) is 0. The van der Waals surface area contributed by atoms with Crippen molar-refractivity contribution in [2.24, 2.45) is 11.8 Å². The molecule has 0 radical (unpaired) electrons. The molecule has 0 spiro atoms. The highest BCUT2D eigenvalue weighted by Gasteiger charge is 2.29. The summed E-state index contributed by atoms with van der Waals surface area (Å²) in [6.07, 6.45) is 1.81. The third-order valence-corrected chi connectivity index (χ3v) is 3.41. The van der Waals surface area contributed by atoms with Gasteiger partial charge in [0.05, 0.1) is 0 Å². The highest BCUT2D eigenvalue weighted by molar-refractivity contribution is 5.78. The number of amides is 1. The molecular formula is C11H21NO. The van der Waals surface area contributed by atoms with Crippen molar-refractivity contribution in [2.45, 2.75) is 46.6 Å². The fraction of sp³-hybridized carbons (Fsp3) is 0.909. The summed E-state index contributed by atoms with van der Waals surface area (Å²) in [4.78, 5) is 13.5. The van der Waals surface area contributed by atoms with E-state index in [-0.39, 0.29) is 0 Å². The van der Waals surface area contributed by atoms with Crippen LogP contribution in [0.2, 0.25) is 0 Å². The topological polar surface area (TPSA) is 20.3 Å². The lowest BCUT2D eigenvalue weighted by atomic mass is 9.90. The zero-order valence-corrected chi connectivity index (χ0v) is 9.21. The Morgan fingerprint density at radius 3 is 2.23 bits per heavy atom. The average Bonchev–Trinajstić information content (AvgIpc) is 2.48. The molecule has 1 aliphatic rings. The molecule has 0 aromatic rings. The molecule has 1 amide bonds. The fourth-order valence-electron chi connectivity index (χ4n) is 1.94. The van der Waals surface area contributed by atoms with E-state index in [4.69, 9.17) is 0 Å². The van der Waals surface area contributed by atoms with Gasteiger partial charge < -0.3 is 4.90 Å². The molecular weight excluding hydrogens is 162 g/mol. The van der Waals surface area contributed by atoms with E-state index in [9.17, 15) is 4.79 Å². The first-order chi connectivity index (χ1) is 6.04. The van der Waals surface area contributed by atoms with Crippen LogP contribution in [0.15, 0.2) is 0 Å². The smallest absolute Gasteiger partial charge is 0.222 e. The third-order valence-electron chi connectivity index (χ3n) is 3.41. The maximum absolute atomic E-state index is 11.5. The van der Waals surface area contributed by atoms with Gasteiger partial charge in [-0.2, -0.15) is 0 Å². The van der Waals surface area contributed by atoms with Gasteiger partial charge in [-0.05, 0) is 25.2 Å². The van der Waals surface area contributed by atoms with Crippen molar-refractivity contribution in [3.05, 3.63) is 0 Å². The van der Waals surface area contributed by atoms with Crippen LogP contribution in [0.4, 0.5) is 0 Å². The van der Waals surface area contributed by atoms with Crippen molar-refractivity contribution in [1.29, 1.82) is 0 Å². The monoisotopic (exact) mass is 183 g/mol. The molecule has 1 unspecified atom stereocenters. The van der Waals surface area contributed by atoms with E-state index in [1.807, 2.05) is 4.90 Å². The molecule has 76 valence electrons. The Bertz CT molecular complexity index is 189. The summed E-state index contributed by atoms with van der Waals surface area (Å²) in [6.45, 7) is 9.83. The van der Waals surface area contributed by atoms with E-state index in [1.54, 1.807) is 0 Å². The fourth-order valence-corrected chi connectivity index (χ4v) is 1.94. The molecule has 1 saturated heterocycles. The molecule has 0 saturated carbocycles. The van der Waals surface area contributed by atoms with Crippen molar-refractivity contribution >= 4 is 5.91 Å². The van der Waals surface area contributed by atoms with Crippen LogP contribution in [0.3, 0.4) is 0 Å². The Morgan fingerprint density at radius 1 is 1.23 bits per heavy atom. The number of hydrogen-bond acceptors (Lipinski definition) is 1. The van der Waals surface area contributed by atoms with Crippen LogP contribution < -0.4 is 0 Å². The molecule has 0 aromatic heterocycles.